The van der Waals surface area contributed by atoms with Crippen LogP contribution in [0, 0.1) is 0 Å². The smallest absolute Gasteiger partial charge is 0.338 e. The molecule has 5 aromatic rings. The molecule has 6 rings (SSSR count). The van der Waals surface area contributed by atoms with Crippen LogP contribution < -0.4 is 33.8 Å². The summed E-state index contributed by atoms with van der Waals surface area (Å²) in [6, 6.07) is 25.0. The van der Waals surface area contributed by atoms with Gasteiger partial charge < -0.3 is 23.7 Å². The summed E-state index contributed by atoms with van der Waals surface area (Å²) in [5, 5.41) is 0.319. The molecule has 0 amide bonds. The number of thiazole rings is 1. The highest BCUT2D eigenvalue weighted by Crippen LogP contribution is 2.39. The van der Waals surface area contributed by atoms with E-state index < -0.39 is 12.0 Å². The Balaban J connectivity index is 1.51. The summed E-state index contributed by atoms with van der Waals surface area (Å²) < 4.78 is 31.2. The van der Waals surface area contributed by atoms with Crippen molar-refractivity contribution < 1.29 is 28.5 Å². The number of halogens is 2. The molecule has 0 fully saturated rings. The highest BCUT2D eigenvalue weighted by molar-refractivity contribution is 9.10. The summed E-state index contributed by atoms with van der Waals surface area (Å²) >= 11 is 11.4. The summed E-state index contributed by atoms with van der Waals surface area (Å²) in [5.74, 6) is 1.16. The number of esters is 1. The standard InChI is InChI=1S/C38H32BrClN2O7S/c1-5-48-37(44)32-33(24-9-7-6-8-10-24)41-38-42(34(32)25-13-16-28(45-2)29(20-25)46-3)36(43)31(50-38)19-23-17-27(40)35(30(18-23)47-4)49-21-22-11-14-26(39)15-12-22/h6-20,34H,5,21H2,1-4H3/b31-19-/t34-/m0/s1. The minimum atomic E-state index is -0.894. The highest BCUT2D eigenvalue weighted by Gasteiger charge is 2.35. The SMILES string of the molecule is CCOC(=O)C1=C(c2ccccc2)N=c2s/c(=C\c3cc(Cl)c(OCc4ccc(Br)cc4)c(OC)c3)c(=O)n2[C@H]1c1ccc(OC)c(OC)c1. The number of hydrogen-bond acceptors (Lipinski definition) is 9. The molecule has 256 valence electrons. The number of nitrogens with zero attached hydrogens (tertiary/aromatic N) is 2. The van der Waals surface area contributed by atoms with Crippen LogP contribution >= 0.6 is 38.9 Å². The summed E-state index contributed by atoms with van der Waals surface area (Å²) in [5.41, 5.74) is 3.16. The van der Waals surface area contributed by atoms with Gasteiger partial charge in [-0.2, -0.15) is 0 Å². The first-order valence-corrected chi connectivity index (χ1v) is 17.5. The maximum Gasteiger partial charge on any atom is 0.338 e. The average molecular weight is 776 g/mol. The third-order valence-electron chi connectivity index (χ3n) is 7.94. The zero-order valence-electron chi connectivity index (χ0n) is 27.6. The van der Waals surface area contributed by atoms with E-state index in [-0.39, 0.29) is 24.3 Å². The van der Waals surface area contributed by atoms with Gasteiger partial charge in [0.25, 0.3) is 5.56 Å². The molecule has 0 unspecified atom stereocenters. The number of carbonyl (C=O) groups excluding carboxylic acids is 1. The Morgan fingerprint density at radius 1 is 0.940 bits per heavy atom. The largest absolute Gasteiger partial charge is 0.493 e. The molecule has 1 aromatic heterocycles. The molecule has 0 bridgehead atoms. The van der Waals surface area contributed by atoms with Gasteiger partial charge in [0.15, 0.2) is 27.8 Å². The molecular formula is C38H32BrClN2O7S. The molecule has 0 spiro atoms. The fraction of sp³-hybridized carbons (Fsp3) is 0.184. The van der Waals surface area contributed by atoms with Crippen LogP contribution in [0.25, 0.3) is 11.8 Å². The second-order valence-corrected chi connectivity index (χ2v) is 13.3. The first-order valence-electron chi connectivity index (χ1n) is 15.5. The molecule has 1 atom stereocenters. The minimum absolute atomic E-state index is 0.138. The van der Waals surface area contributed by atoms with Crippen LogP contribution in [0.5, 0.6) is 23.0 Å². The highest BCUT2D eigenvalue weighted by atomic mass is 79.9. The van der Waals surface area contributed by atoms with Crippen LogP contribution in [0.1, 0.15) is 35.2 Å². The Morgan fingerprint density at radius 3 is 2.34 bits per heavy atom. The minimum Gasteiger partial charge on any atom is -0.493 e. The van der Waals surface area contributed by atoms with E-state index in [0.717, 1.165) is 10.0 Å². The van der Waals surface area contributed by atoms with Gasteiger partial charge in [-0.05, 0) is 66.1 Å². The molecule has 0 saturated heterocycles. The van der Waals surface area contributed by atoms with Crippen LogP contribution in [0.3, 0.4) is 0 Å². The molecule has 1 aliphatic rings. The van der Waals surface area contributed by atoms with Crippen molar-refractivity contribution in [3.63, 3.8) is 0 Å². The Morgan fingerprint density at radius 2 is 1.66 bits per heavy atom. The van der Waals surface area contributed by atoms with Gasteiger partial charge in [0, 0.05) is 10.0 Å². The van der Waals surface area contributed by atoms with Gasteiger partial charge in [0.2, 0.25) is 0 Å². The molecule has 0 aliphatic carbocycles. The Bertz CT molecular complexity index is 2270. The van der Waals surface area contributed by atoms with E-state index in [1.54, 1.807) is 50.4 Å². The van der Waals surface area contributed by atoms with Gasteiger partial charge in [-0.15, -0.1) is 0 Å². The fourth-order valence-corrected chi connectivity index (χ4v) is 7.17. The van der Waals surface area contributed by atoms with Crippen LogP contribution in [0.15, 0.2) is 105 Å². The maximum atomic E-state index is 14.4. The predicted octanol–water partition coefficient (Wildman–Crippen LogP) is 6.96. The molecular weight excluding hydrogens is 744 g/mol. The number of aromatic nitrogens is 1. The molecule has 1 aliphatic heterocycles. The van der Waals surface area contributed by atoms with E-state index in [1.807, 2.05) is 54.6 Å². The van der Waals surface area contributed by atoms with Crippen LogP contribution in [-0.2, 0) is 16.1 Å². The zero-order chi connectivity index (χ0) is 35.4. The van der Waals surface area contributed by atoms with Crippen molar-refractivity contribution >= 4 is 56.6 Å². The number of carbonyl (C=O) groups is 1. The molecule has 2 heterocycles. The van der Waals surface area contributed by atoms with Crippen LogP contribution in [-0.4, -0.2) is 38.5 Å². The van der Waals surface area contributed by atoms with Gasteiger partial charge in [-0.3, -0.25) is 9.36 Å². The molecule has 0 radical (unpaired) electrons. The first-order chi connectivity index (χ1) is 24.3. The fourth-order valence-electron chi connectivity index (χ4n) is 5.63. The van der Waals surface area contributed by atoms with Crippen molar-refractivity contribution in [2.24, 2.45) is 4.99 Å². The molecule has 0 saturated carbocycles. The van der Waals surface area contributed by atoms with E-state index >= 15 is 0 Å². The lowest BCUT2D eigenvalue weighted by Gasteiger charge is -2.26. The maximum absolute atomic E-state index is 14.4. The third kappa shape index (κ3) is 7.07. The van der Waals surface area contributed by atoms with E-state index in [2.05, 4.69) is 15.9 Å². The molecule has 9 nitrogen and oxygen atoms in total. The number of methoxy groups -OCH3 is 3. The second-order valence-electron chi connectivity index (χ2n) is 11.0. The van der Waals surface area contributed by atoms with E-state index in [9.17, 15) is 9.59 Å². The quantitative estimate of drug-likeness (QED) is 0.134. The number of ether oxygens (including phenoxy) is 5. The van der Waals surface area contributed by atoms with E-state index in [4.69, 9.17) is 40.3 Å². The lowest BCUT2D eigenvalue weighted by atomic mass is 9.93. The second kappa shape index (κ2) is 15.4. The van der Waals surface area contributed by atoms with Crippen molar-refractivity contribution in [3.8, 4) is 23.0 Å². The summed E-state index contributed by atoms with van der Waals surface area (Å²) in [7, 11) is 4.60. The Labute approximate surface area is 305 Å². The van der Waals surface area contributed by atoms with Crippen molar-refractivity contribution in [3.05, 3.63) is 142 Å². The van der Waals surface area contributed by atoms with E-state index in [0.29, 0.717) is 59.7 Å². The summed E-state index contributed by atoms with van der Waals surface area (Å²) in [6.45, 7) is 2.15. The third-order valence-corrected chi connectivity index (χ3v) is 9.74. The van der Waals surface area contributed by atoms with Gasteiger partial charge in [-0.25, -0.2) is 9.79 Å². The zero-order valence-corrected chi connectivity index (χ0v) is 30.7. The van der Waals surface area contributed by atoms with Gasteiger partial charge in [-0.1, -0.05) is 87.4 Å². The van der Waals surface area contributed by atoms with Crippen molar-refractivity contribution in [1.82, 2.24) is 4.57 Å². The normalized spacial score (nSPS) is 14.1. The monoisotopic (exact) mass is 774 g/mol. The molecule has 0 N–H and O–H groups in total. The van der Waals surface area contributed by atoms with Crippen molar-refractivity contribution in [2.75, 3.05) is 27.9 Å². The first kappa shape index (κ1) is 35.0. The van der Waals surface area contributed by atoms with Gasteiger partial charge >= 0.3 is 5.97 Å². The average Bonchev–Trinajstić information content (AvgIpc) is 3.44. The van der Waals surface area contributed by atoms with Gasteiger partial charge in [0.1, 0.15) is 6.61 Å². The van der Waals surface area contributed by atoms with Crippen molar-refractivity contribution in [1.29, 1.82) is 0 Å². The molecule has 12 heteroatoms. The number of hydrogen-bond donors (Lipinski definition) is 0. The molecule has 50 heavy (non-hydrogen) atoms. The van der Waals surface area contributed by atoms with Crippen molar-refractivity contribution in [2.45, 2.75) is 19.6 Å². The number of fused-ring (bicyclic) bond motifs is 1. The Kier molecular flexibility index (Phi) is 10.8. The number of rotatable bonds is 11. The van der Waals surface area contributed by atoms with Crippen LogP contribution in [0.4, 0.5) is 0 Å². The Hall–Kier alpha value is -4.84. The van der Waals surface area contributed by atoms with E-state index in [1.165, 1.54) is 30.1 Å². The predicted molar refractivity (Wildman–Crippen MR) is 197 cm³/mol. The number of benzene rings is 4. The lowest BCUT2D eigenvalue weighted by molar-refractivity contribution is -0.138. The van der Waals surface area contributed by atoms with Crippen LogP contribution in [0.2, 0.25) is 5.02 Å². The van der Waals surface area contributed by atoms with Gasteiger partial charge in [0.05, 0.1) is 54.8 Å². The topological polar surface area (TPSA) is 97.6 Å². The lowest BCUT2D eigenvalue weighted by Crippen LogP contribution is -2.40. The summed E-state index contributed by atoms with van der Waals surface area (Å²) in [4.78, 5) is 33.5. The molecule has 4 aromatic carbocycles. The summed E-state index contributed by atoms with van der Waals surface area (Å²) in [6.07, 6.45) is 1.72.